The van der Waals surface area contributed by atoms with Gasteiger partial charge < -0.3 is 15.3 Å². The van der Waals surface area contributed by atoms with Gasteiger partial charge in [-0.25, -0.2) is 0 Å². The lowest BCUT2D eigenvalue weighted by Crippen LogP contribution is -2.50. The second-order valence-electron chi connectivity index (χ2n) is 14.9. The number of halogens is 1. The lowest BCUT2D eigenvalue weighted by atomic mass is 9.47. The van der Waals surface area contributed by atoms with Crippen molar-refractivity contribution in [3.8, 4) is 0 Å². The number of carbonyl (C=O) groups is 2. The minimum Gasteiger partial charge on any atom is -0.481 e. The van der Waals surface area contributed by atoms with Gasteiger partial charge in [0.25, 0.3) is 0 Å². The molecule has 0 bridgehead atoms. The summed E-state index contributed by atoms with van der Waals surface area (Å²) in [5, 5.41) is 26.0. The molecule has 3 saturated carbocycles. The summed E-state index contributed by atoms with van der Waals surface area (Å²) in [4.78, 5) is 19.3. The van der Waals surface area contributed by atoms with Crippen LogP contribution in [-0.2, 0) is 9.59 Å². The number of hydrogen-bond acceptors (Lipinski definition) is 3. The first-order valence-corrected chi connectivity index (χ1v) is 17.7. The molecule has 244 valence electrons. The first-order chi connectivity index (χ1) is 19.8. The van der Waals surface area contributed by atoms with Crippen LogP contribution in [0.25, 0.3) is 0 Å². The van der Waals surface area contributed by atoms with E-state index in [4.69, 9.17) is 21.8 Å². The van der Waals surface area contributed by atoms with Crippen LogP contribution in [0.15, 0.2) is 11.6 Å². The van der Waals surface area contributed by atoms with Crippen molar-refractivity contribution in [2.24, 2.45) is 46.3 Å². The summed E-state index contributed by atoms with van der Waals surface area (Å²) in [6.45, 7) is 14.7. The van der Waals surface area contributed by atoms with Crippen LogP contribution in [0.1, 0.15) is 144 Å². The van der Waals surface area contributed by atoms with Crippen molar-refractivity contribution in [3.63, 3.8) is 0 Å². The second-order valence-corrected chi connectivity index (χ2v) is 15.2. The van der Waals surface area contributed by atoms with Crippen LogP contribution in [0.4, 0.5) is 0 Å². The molecule has 4 aliphatic rings. The molecule has 0 spiro atoms. The maximum absolute atomic E-state index is 10.2. The fourth-order valence-corrected chi connectivity index (χ4v) is 9.41. The van der Waals surface area contributed by atoms with Crippen molar-refractivity contribution < 1.29 is 24.9 Å². The van der Waals surface area contributed by atoms with Crippen LogP contribution >= 0.6 is 11.6 Å². The Morgan fingerprint density at radius 1 is 0.929 bits per heavy atom. The lowest BCUT2D eigenvalue weighted by molar-refractivity contribution is -0.143. The Kier molecular flexibility index (Phi) is 15.4. The molecule has 4 aliphatic carbocycles. The zero-order valence-corrected chi connectivity index (χ0v) is 28.4. The van der Waals surface area contributed by atoms with E-state index in [0.29, 0.717) is 10.8 Å². The summed E-state index contributed by atoms with van der Waals surface area (Å²) in [5.74, 6) is 4.13. The molecule has 5 nitrogen and oxygen atoms in total. The van der Waals surface area contributed by atoms with Crippen molar-refractivity contribution in [3.05, 3.63) is 11.6 Å². The van der Waals surface area contributed by atoms with Gasteiger partial charge in [-0.3, -0.25) is 9.59 Å². The zero-order valence-electron chi connectivity index (χ0n) is 27.7. The Balaban J connectivity index is 0.000000367. The van der Waals surface area contributed by atoms with Gasteiger partial charge in [0.2, 0.25) is 0 Å². The Bertz CT molecular complexity index is 853. The number of unbranched alkanes of at least 4 members (excludes halogenated alkanes) is 2. The molecule has 6 heteroatoms. The lowest BCUT2D eigenvalue weighted by Gasteiger charge is -2.58. The SMILES string of the molecule is CC(C)CCCC(C)[C@H]1CC[C@H]2[C@@H]3CC=C4C[C@@H](O)CC[C@]4(C)[C@H]3CC[C@]12C.CCCCCCl.O=C(O)CCC(=O)O. The van der Waals surface area contributed by atoms with Crippen LogP contribution in [0.3, 0.4) is 0 Å². The van der Waals surface area contributed by atoms with Gasteiger partial charge in [-0.1, -0.05) is 85.3 Å². The number of fused-ring (bicyclic) bond motifs is 5. The van der Waals surface area contributed by atoms with E-state index in [1.54, 1.807) is 5.57 Å². The average Bonchev–Trinajstić information content (AvgIpc) is 3.29. The topological polar surface area (TPSA) is 94.8 Å². The Morgan fingerprint density at radius 2 is 1.60 bits per heavy atom. The third kappa shape index (κ3) is 9.98. The highest BCUT2D eigenvalue weighted by molar-refractivity contribution is 6.17. The summed E-state index contributed by atoms with van der Waals surface area (Å²) in [5.41, 5.74) is 2.60. The molecule has 8 atom stereocenters. The smallest absolute Gasteiger partial charge is 0.303 e. The molecule has 0 amide bonds. The monoisotopic (exact) mass is 610 g/mol. The number of aliphatic hydroxyl groups is 1. The molecule has 0 heterocycles. The predicted molar refractivity (Wildman–Crippen MR) is 174 cm³/mol. The summed E-state index contributed by atoms with van der Waals surface area (Å²) in [6.07, 6.45) is 20.3. The molecule has 1 unspecified atom stereocenters. The van der Waals surface area contributed by atoms with E-state index < -0.39 is 11.9 Å². The van der Waals surface area contributed by atoms with E-state index in [9.17, 15) is 14.7 Å². The largest absolute Gasteiger partial charge is 0.481 e. The third-order valence-electron chi connectivity index (χ3n) is 11.6. The fraction of sp³-hybridized carbons (Fsp3) is 0.889. The molecule has 0 radical (unpaired) electrons. The number of aliphatic hydroxyl groups excluding tert-OH is 1. The molecule has 0 aliphatic heterocycles. The third-order valence-corrected chi connectivity index (χ3v) is 11.8. The van der Waals surface area contributed by atoms with Crippen molar-refractivity contribution in [2.45, 2.75) is 150 Å². The first-order valence-electron chi connectivity index (χ1n) is 17.2. The van der Waals surface area contributed by atoms with E-state index in [0.717, 1.165) is 54.2 Å². The Labute approximate surface area is 262 Å². The van der Waals surface area contributed by atoms with Crippen LogP contribution in [0.2, 0.25) is 0 Å². The van der Waals surface area contributed by atoms with Crippen molar-refractivity contribution in [1.82, 2.24) is 0 Å². The molecular weight excluding hydrogens is 548 g/mol. The number of hydrogen-bond donors (Lipinski definition) is 3. The number of alkyl halides is 1. The highest BCUT2D eigenvalue weighted by Gasteiger charge is 2.59. The first kappa shape index (κ1) is 37.1. The Hall–Kier alpha value is -1.07. The molecule has 3 fully saturated rings. The number of aliphatic carboxylic acids is 2. The zero-order chi connectivity index (χ0) is 31.5. The molecule has 0 aromatic rings. The summed E-state index contributed by atoms with van der Waals surface area (Å²) >= 11 is 5.38. The molecule has 4 rings (SSSR count). The van der Waals surface area contributed by atoms with Gasteiger partial charge in [0.1, 0.15) is 0 Å². The van der Waals surface area contributed by atoms with E-state index in [-0.39, 0.29) is 18.9 Å². The Morgan fingerprint density at radius 3 is 2.14 bits per heavy atom. The van der Waals surface area contributed by atoms with Gasteiger partial charge in [-0.2, -0.15) is 0 Å². The van der Waals surface area contributed by atoms with Gasteiger partial charge in [-0.05, 0) is 104 Å². The average molecular weight is 611 g/mol. The van der Waals surface area contributed by atoms with Gasteiger partial charge >= 0.3 is 11.9 Å². The molecule has 0 aromatic heterocycles. The van der Waals surface area contributed by atoms with Crippen molar-refractivity contribution in [2.75, 3.05) is 5.88 Å². The minimum atomic E-state index is -1.08. The van der Waals surface area contributed by atoms with E-state index in [1.807, 2.05) is 0 Å². The van der Waals surface area contributed by atoms with Gasteiger partial charge in [0.05, 0.1) is 18.9 Å². The van der Waals surface area contributed by atoms with E-state index >= 15 is 0 Å². The maximum Gasteiger partial charge on any atom is 0.303 e. The fourth-order valence-electron chi connectivity index (χ4n) is 9.22. The van der Waals surface area contributed by atoms with Gasteiger partial charge in [-0.15, -0.1) is 11.6 Å². The van der Waals surface area contributed by atoms with Crippen molar-refractivity contribution in [1.29, 1.82) is 0 Å². The molecule has 42 heavy (non-hydrogen) atoms. The van der Waals surface area contributed by atoms with Crippen molar-refractivity contribution >= 4 is 23.5 Å². The predicted octanol–water partition coefficient (Wildman–Crippen LogP) is 9.74. The quantitative estimate of drug-likeness (QED) is 0.123. The number of allylic oxidation sites excluding steroid dienone is 1. The van der Waals surface area contributed by atoms with Gasteiger partial charge in [0, 0.05) is 5.88 Å². The van der Waals surface area contributed by atoms with Crippen LogP contribution in [0, 0.1) is 46.3 Å². The van der Waals surface area contributed by atoms with Crippen LogP contribution in [-0.4, -0.2) is 39.2 Å². The van der Waals surface area contributed by atoms with E-state index in [1.165, 1.54) is 77.0 Å². The molecule has 3 N–H and O–H groups in total. The summed E-state index contributed by atoms with van der Waals surface area (Å²) in [7, 11) is 0. The maximum atomic E-state index is 10.2. The second kappa shape index (κ2) is 17.4. The van der Waals surface area contributed by atoms with Crippen LogP contribution in [0.5, 0.6) is 0 Å². The molecule has 0 saturated heterocycles. The normalized spacial score (nSPS) is 33.9. The van der Waals surface area contributed by atoms with Crippen LogP contribution < -0.4 is 0 Å². The summed E-state index contributed by atoms with van der Waals surface area (Å²) in [6, 6.07) is 0. The van der Waals surface area contributed by atoms with Gasteiger partial charge in [0.15, 0.2) is 0 Å². The summed E-state index contributed by atoms with van der Waals surface area (Å²) < 4.78 is 0. The highest BCUT2D eigenvalue weighted by atomic mass is 35.5. The molecular formula is C36H63ClO5. The molecule has 0 aromatic carbocycles. The number of rotatable bonds is 11. The van der Waals surface area contributed by atoms with E-state index in [2.05, 4.69) is 47.6 Å². The number of carboxylic acids is 2. The minimum absolute atomic E-state index is 0.0766. The number of carboxylic acid groups (broad SMARTS) is 2. The standard InChI is InChI=1S/C27H46O.C5H11Cl.C4H6O4/c1-18(2)7-6-8-19(3)23-11-12-24-22-10-9-20-17-21(28)13-15-26(20,4)25(22)14-16-27(23,24)5;1-2-3-4-5-6;5-3(6)1-2-4(7)8/h9,18-19,21-25,28H,6-8,10-17H2,1-5H3;2-5H2,1H3;1-2H2,(H,5,6)(H,7,8)/t19?,21-,22-,23+,24-,25-,26-,27+;;/m0../s1. The highest BCUT2D eigenvalue weighted by Crippen LogP contribution is 2.67.